The van der Waals surface area contributed by atoms with Gasteiger partial charge in [-0.15, -0.1) is 0 Å². The fourth-order valence-electron chi connectivity index (χ4n) is 2.61. The summed E-state index contributed by atoms with van der Waals surface area (Å²) in [7, 11) is 1.94. The fourth-order valence-corrected chi connectivity index (χ4v) is 3.04. The third-order valence-corrected chi connectivity index (χ3v) is 4.62. The lowest BCUT2D eigenvalue weighted by atomic mass is 10.1. The lowest BCUT2D eigenvalue weighted by molar-refractivity contribution is 0.0523. The third kappa shape index (κ3) is 4.70. The molecule has 2 rings (SSSR count). The van der Waals surface area contributed by atoms with Gasteiger partial charge in [-0.25, -0.2) is 4.79 Å². The first-order valence-electron chi connectivity index (χ1n) is 8.12. The third-order valence-electron chi connectivity index (χ3n) is 3.92. The number of benzene rings is 1. The number of nitrogens with zero attached hydrogens (tertiary/aromatic N) is 3. The van der Waals surface area contributed by atoms with Crippen LogP contribution in [0.5, 0.6) is 0 Å². The van der Waals surface area contributed by atoms with Gasteiger partial charge in [0.15, 0.2) is 0 Å². The molecule has 1 aromatic carbocycles. The predicted octanol–water partition coefficient (Wildman–Crippen LogP) is 4.32. The molecule has 0 fully saturated rings. The zero-order valence-corrected chi connectivity index (χ0v) is 16.5. The summed E-state index contributed by atoms with van der Waals surface area (Å²) in [6, 6.07) is 11.2. The van der Waals surface area contributed by atoms with Crippen LogP contribution in [0.2, 0.25) is 5.02 Å². The normalized spacial score (nSPS) is 10.6. The molecular formula is C19H20ClN3O2S. The summed E-state index contributed by atoms with van der Waals surface area (Å²) in [5.41, 5.74) is 2.42. The number of halogens is 1. The molecule has 0 saturated heterocycles. The molecule has 0 aliphatic rings. The van der Waals surface area contributed by atoms with Crippen molar-refractivity contribution < 1.29 is 9.53 Å². The van der Waals surface area contributed by atoms with Crippen molar-refractivity contribution in [3.05, 3.63) is 62.4 Å². The minimum Gasteiger partial charge on any atom is -0.462 e. The molecule has 0 unspecified atom stereocenters. The SMILES string of the molecule is CCOC(=O)c1cc(C#N)c(=S)n(CN(C)Cc2ccc(Cl)cc2)c1C. The topological polar surface area (TPSA) is 58.3 Å². The van der Waals surface area contributed by atoms with Gasteiger partial charge in [0.05, 0.1) is 24.4 Å². The molecule has 1 heterocycles. The van der Waals surface area contributed by atoms with E-state index in [0.29, 0.717) is 34.1 Å². The van der Waals surface area contributed by atoms with Crippen molar-refractivity contribution in [2.45, 2.75) is 27.1 Å². The Hall–Kier alpha value is -2.20. The van der Waals surface area contributed by atoms with Gasteiger partial charge in [-0.2, -0.15) is 5.26 Å². The van der Waals surface area contributed by atoms with E-state index in [1.54, 1.807) is 18.4 Å². The van der Waals surface area contributed by atoms with Crippen LogP contribution >= 0.6 is 23.8 Å². The number of aromatic nitrogens is 1. The summed E-state index contributed by atoms with van der Waals surface area (Å²) in [6.45, 7) is 4.93. The first-order valence-corrected chi connectivity index (χ1v) is 8.90. The number of carbonyl (C=O) groups is 1. The largest absolute Gasteiger partial charge is 0.462 e. The van der Waals surface area contributed by atoms with Crippen LogP contribution < -0.4 is 0 Å². The minimum absolute atomic E-state index is 0.270. The van der Waals surface area contributed by atoms with E-state index in [-0.39, 0.29) is 12.2 Å². The first-order chi connectivity index (χ1) is 12.4. The molecule has 0 aliphatic heterocycles. The second-order valence-electron chi connectivity index (χ2n) is 5.90. The zero-order valence-electron chi connectivity index (χ0n) is 15.0. The Morgan fingerprint density at radius 3 is 2.62 bits per heavy atom. The van der Waals surface area contributed by atoms with Gasteiger partial charge in [-0.1, -0.05) is 36.0 Å². The highest BCUT2D eigenvalue weighted by Crippen LogP contribution is 2.17. The maximum Gasteiger partial charge on any atom is 0.339 e. The van der Waals surface area contributed by atoms with Crippen LogP contribution in [0.15, 0.2) is 30.3 Å². The van der Waals surface area contributed by atoms with Gasteiger partial charge >= 0.3 is 5.97 Å². The number of nitriles is 1. The molecule has 7 heteroatoms. The molecule has 0 radical (unpaired) electrons. The summed E-state index contributed by atoms with van der Waals surface area (Å²) in [5, 5.41) is 10.0. The van der Waals surface area contributed by atoms with E-state index in [1.165, 1.54) is 6.07 Å². The number of esters is 1. The second-order valence-corrected chi connectivity index (χ2v) is 6.73. The van der Waals surface area contributed by atoms with Crippen molar-refractivity contribution in [3.63, 3.8) is 0 Å². The Morgan fingerprint density at radius 1 is 1.38 bits per heavy atom. The molecule has 26 heavy (non-hydrogen) atoms. The molecule has 2 aromatic rings. The Balaban J connectivity index is 2.33. The Bertz CT molecular complexity index is 901. The van der Waals surface area contributed by atoms with Gasteiger partial charge in [0.1, 0.15) is 10.7 Å². The molecule has 0 saturated carbocycles. The average molecular weight is 390 g/mol. The van der Waals surface area contributed by atoms with Crippen LogP contribution in [-0.2, 0) is 18.0 Å². The maximum absolute atomic E-state index is 12.2. The monoisotopic (exact) mass is 389 g/mol. The van der Waals surface area contributed by atoms with Gasteiger partial charge in [-0.05, 0) is 44.7 Å². The van der Waals surface area contributed by atoms with Crippen molar-refractivity contribution in [2.75, 3.05) is 13.7 Å². The van der Waals surface area contributed by atoms with E-state index >= 15 is 0 Å². The second kappa shape index (κ2) is 8.95. The molecule has 0 amide bonds. The predicted molar refractivity (Wildman–Crippen MR) is 104 cm³/mol. The Morgan fingerprint density at radius 2 is 2.04 bits per heavy atom. The zero-order chi connectivity index (χ0) is 19.3. The smallest absolute Gasteiger partial charge is 0.339 e. The highest BCUT2D eigenvalue weighted by molar-refractivity contribution is 7.71. The van der Waals surface area contributed by atoms with Gasteiger partial charge in [-0.3, -0.25) is 4.90 Å². The Labute approximate surface area is 163 Å². The highest BCUT2D eigenvalue weighted by Gasteiger charge is 2.17. The quantitative estimate of drug-likeness (QED) is 0.544. The van der Waals surface area contributed by atoms with Crippen molar-refractivity contribution in [3.8, 4) is 6.07 Å². The highest BCUT2D eigenvalue weighted by atomic mass is 35.5. The van der Waals surface area contributed by atoms with Crippen LogP contribution in [-0.4, -0.2) is 29.1 Å². The van der Waals surface area contributed by atoms with Crippen molar-refractivity contribution in [1.29, 1.82) is 5.26 Å². The van der Waals surface area contributed by atoms with Crippen LogP contribution in [0.4, 0.5) is 0 Å². The van der Waals surface area contributed by atoms with Crippen LogP contribution in [0.1, 0.15) is 34.1 Å². The number of hydrogen-bond acceptors (Lipinski definition) is 5. The lowest BCUT2D eigenvalue weighted by Crippen LogP contribution is -2.25. The summed E-state index contributed by atoms with van der Waals surface area (Å²) in [6.07, 6.45) is 0. The lowest BCUT2D eigenvalue weighted by Gasteiger charge is -2.22. The van der Waals surface area contributed by atoms with E-state index in [4.69, 9.17) is 28.6 Å². The number of rotatable bonds is 6. The fraction of sp³-hybridized carbons (Fsp3) is 0.316. The number of hydrogen-bond donors (Lipinski definition) is 0. The molecule has 1 aromatic heterocycles. The van der Waals surface area contributed by atoms with Crippen molar-refractivity contribution >= 4 is 29.8 Å². The number of pyridine rings is 1. The summed E-state index contributed by atoms with van der Waals surface area (Å²) in [5.74, 6) is -0.453. The molecule has 136 valence electrons. The van der Waals surface area contributed by atoms with E-state index in [2.05, 4.69) is 6.07 Å². The van der Waals surface area contributed by atoms with Gasteiger partial charge in [0.2, 0.25) is 0 Å². The van der Waals surface area contributed by atoms with E-state index in [0.717, 1.165) is 5.56 Å². The average Bonchev–Trinajstić information content (AvgIpc) is 2.61. The Kier molecular flexibility index (Phi) is 6.92. The molecule has 0 atom stereocenters. The van der Waals surface area contributed by atoms with Gasteiger partial charge < -0.3 is 9.30 Å². The molecule has 0 bridgehead atoms. The van der Waals surface area contributed by atoms with E-state index < -0.39 is 5.97 Å². The van der Waals surface area contributed by atoms with E-state index in [1.807, 2.05) is 36.2 Å². The summed E-state index contributed by atoms with van der Waals surface area (Å²) < 4.78 is 7.28. The van der Waals surface area contributed by atoms with Crippen LogP contribution in [0.3, 0.4) is 0 Å². The minimum atomic E-state index is -0.453. The molecule has 0 aliphatic carbocycles. The maximum atomic E-state index is 12.2. The number of carbonyl (C=O) groups excluding carboxylic acids is 1. The number of ether oxygens (including phenoxy) is 1. The summed E-state index contributed by atoms with van der Waals surface area (Å²) >= 11 is 11.4. The molecule has 0 spiro atoms. The van der Waals surface area contributed by atoms with Crippen molar-refractivity contribution in [2.24, 2.45) is 0 Å². The van der Waals surface area contributed by atoms with Gasteiger partial charge in [0, 0.05) is 17.3 Å². The molecule has 5 nitrogen and oxygen atoms in total. The molecule has 0 N–H and O–H groups in total. The van der Waals surface area contributed by atoms with E-state index in [9.17, 15) is 10.1 Å². The standard InChI is InChI=1S/C19H20ClN3O2S/c1-4-25-19(24)17-9-15(10-21)18(26)23(13(17)2)12-22(3)11-14-5-7-16(20)8-6-14/h5-9H,4,11-12H2,1-3H3. The van der Waals surface area contributed by atoms with Crippen LogP contribution in [0, 0.1) is 22.9 Å². The van der Waals surface area contributed by atoms with Gasteiger partial charge in [0.25, 0.3) is 0 Å². The van der Waals surface area contributed by atoms with Crippen molar-refractivity contribution in [1.82, 2.24) is 9.47 Å². The first kappa shape index (κ1) is 20.1. The summed E-state index contributed by atoms with van der Waals surface area (Å²) in [4.78, 5) is 14.2. The molecular weight excluding hydrogens is 370 g/mol. The van der Waals surface area contributed by atoms with Crippen LogP contribution in [0.25, 0.3) is 0 Å².